The molecule has 7 rings (SSSR count). The van der Waals surface area contributed by atoms with E-state index in [1.807, 2.05) is 74.5 Å². The Labute approximate surface area is 226 Å². The van der Waals surface area contributed by atoms with Crippen molar-refractivity contribution in [3.8, 4) is 5.69 Å². The lowest BCUT2D eigenvalue weighted by molar-refractivity contribution is -0.123. The molecule has 1 aromatic heterocycles. The van der Waals surface area contributed by atoms with Crippen molar-refractivity contribution in [2.75, 3.05) is 4.90 Å². The first-order valence-corrected chi connectivity index (χ1v) is 13.6. The summed E-state index contributed by atoms with van der Waals surface area (Å²) in [6.45, 7) is 8.18. The monoisotopic (exact) mass is 518 g/mol. The molecule has 2 amide bonds. The lowest BCUT2D eigenvalue weighted by Crippen LogP contribution is -2.50. The number of rotatable bonds is 3. The highest BCUT2D eigenvalue weighted by atomic mass is 16.2. The predicted octanol–water partition coefficient (Wildman–Crippen LogP) is 4.38. The molecule has 0 aliphatic carbocycles. The number of fused-ring (bicyclic) bond motifs is 8. The fourth-order valence-corrected chi connectivity index (χ4v) is 7.14. The Bertz CT molecular complexity index is 1770. The Balaban J connectivity index is 1.53. The van der Waals surface area contributed by atoms with E-state index in [1.165, 1.54) is 4.90 Å². The fraction of sp³-hybridized carbons (Fsp3) is 0.312. The third kappa shape index (κ3) is 3.02. The van der Waals surface area contributed by atoms with Crippen molar-refractivity contribution < 1.29 is 9.59 Å². The molecular weight excluding hydrogens is 488 g/mol. The van der Waals surface area contributed by atoms with Crippen molar-refractivity contribution in [1.82, 2.24) is 14.9 Å². The summed E-state index contributed by atoms with van der Waals surface area (Å²) < 4.78 is 1.65. The average molecular weight is 519 g/mol. The van der Waals surface area contributed by atoms with E-state index >= 15 is 0 Å². The molecular formula is C32H30N4O3. The van der Waals surface area contributed by atoms with Crippen molar-refractivity contribution in [2.24, 2.45) is 17.8 Å². The summed E-state index contributed by atoms with van der Waals surface area (Å²) in [6.07, 6.45) is 0.711. The molecule has 0 bridgehead atoms. The van der Waals surface area contributed by atoms with Gasteiger partial charge in [-0.1, -0.05) is 56.3 Å². The number of nitrogens with zero attached hydrogens (tertiary/aromatic N) is 3. The molecule has 39 heavy (non-hydrogen) atoms. The number of benzene rings is 3. The first-order valence-electron chi connectivity index (χ1n) is 13.6. The number of hydrogen-bond donors (Lipinski definition) is 1. The molecule has 7 heteroatoms. The summed E-state index contributed by atoms with van der Waals surface area (Å²) >= 11 is 0. The van der Waals surface area contributed by atoms with Gasteiger partial charge in [-0.05, 0) is 61.6 Å². The molecule has 7 nitrogen and oxygen atoms in total. The van der Waals surface area contributed by atoms with Crippen LogP contribution in [0.15, 0.2) is 71.5 Å². The molecule has 3 aromatic carbocycles. The number of hydrogen-bond acceptors (Lipinski definition) is 5. The largest absolute Gasteiger partial charge is 0.297 e. The lowest BCUT2D eigenvalue weighted by atomic mass is 9.75. The van der Waals surface area contributed by atoms with Crippen molar-refractivity contribution in [3.05, 3.63) is 99.6 Å². The van der Waals surface area contributed by atoms with Crippen LogP contribution in [0.2, 0.25) is 0 Å². The van der Waals surface area contributed by atoms with Crippen LogP contribution in [0.1, 0.15) is 42.8 Å². The second-order valence-electron chi connectivity index (χ2n) is 11.5. The molecule has 0 unspecified atom stereocenters. The van der Waals surface area contributed by atoms with Crippen LogP contribution in [0.25, 0.3) is 16.6 Å². The van der Waals surface area contributed by atoms with E-state index in [4.69, 9.17) is 4.98 Å². The number of aromatic nitrogens is 2. The zero-order valence-electron chi connectivity index (χ0n) is 22.4. The SMILES string of the molecule is Cc1cccc(N2C(=O)[C@H]3[C@@H](CC(C)C)N[C@@]4(c5ccccc5-n5c4nc4ccccc4c5=O)[C@H]3C2=O)c1C. The van der Waals surface area contributed by atoms with Crippen LogP contribution in [-0.2, 0) is 15.1 Å². The molecule has 1 spiro atoms. The highest BCUT2D eigenvalue weighted by molar-refractivity contribution is 6.23. The predicted molar refractivity (Wildman–Crippen MR) is 150 cm³/mol. The smallest absolute Gasteiger partial charge is 0.266 e. The van der Waals surface area contributed by atoms with Crippen LogP contribution in [-0.4, -0.2) is 27.4 Å². The minimum absolute atomic E-state index is 0.172. The van der Waals surface area contributed by atoms with E-state index in [9.17, 15) is 14.4 Å². The molecule has 4 atom stereocenters. The Morgan fingerprint density at radius 3 is 2.41 bits per heavy atom. The molecule has 1 N–H and O–H groups in total. The number of para-hydroxylation sites is 2. The van der Waals surface area contributed by atoms with Gasteiger partial charge in [-0.25, -0.2) is 9.88 Å². The van der Waals surface area contributed by atoms with E-state index in [2.05, 4.69) is 19.2 Å². The van der Waals surface area contributed by atoms with Gasteiger partial charge in [-0.2, -0.15) is 0 Å². The fourth-order valence-electron chi connectivity index (χ4n) is 7.14. The van der Waals surface area contributed by atoms with Crippen LogP contribution in [0.3, 0.4) is 0 Å². The number of carbonyl (C=O) groups excluding carboxylic acids is 2. The van der Waals surface area contributed by atoms with Gasteiger partial charge in [-0.3, -0.25) is 24.3 Å². The molecule has 2 fully saturated rings. The van der Waals surface area contributed by atoms with Gasteiger partial charge < -0.3 is 0 Å². The van der Waals surface area contributed by atoms with E-state index < -0.39 is 17.4 Å². The van der Waals surface area contributed by atoms with Gasteiger partial charge >= 0.3 is 0 Å². The zero-order chi connectivity index (χ0) is 27.2. The molecule has 3 aliphatic heterocycles. The van der Waals surface area contributed by atoms with Crippen LogP contribution in [0.4, 0.5) is 5.69 Å². The second kappa shape index (κ2) is 8.20. The Kier molecular flexibility index (Phi) is 5.04. The van der Waals surface area contributed by atoms with Gasteiger partial charge in [0.15, 0.2) is 0 Å². The topological polar surface area (TPSA) is 84.3 Å². The average Bonchev–Trinajstić information content (AvgIpc) is 3.49. The molecule has 4 heterocycles. The van der Waals surface area contributed by atoms with Gasteiger partial charge in [0.25, 0.3) is 5.56 Å². The molecule has 0 saturated carbocycles. The summed E-state index contributed by atoms with van der Waals surface area (Å²) in [6, 6.07) is 20.5. The molecule has 196 valence electrons. The highest BCUT2D eigenvalue weighted by Crippen LogP contribution is 2.56. The number of anilines is 1. The Morgan fingerprint density at radius 2 is 1.62 bits per heavy atom. The number of aryl methyl sites for hydroxylation is 1. The van der Waals surface area contributed by atoms with Crippen LogP contribution >= 0.6 is 0 Å². The van der Waals surface area contributed by atoms with Gasteiger partial charge in [0.1, 0.15) is 11.4 Å². The summed E-state index contributed by atoms with van der Waals surface area (Å²) in [5.74, 6) is -0.979. The van der Waals surface area contributed by atoms with Crippen LogP contribution < -0.4 is 15.8 Å². The third-order valence-corrected chi connectivity index (χ3v) is 8.90. The van der Waals surface area contributed by atoms with Gasteiger partial charge in [0, 0.05) is 11.6 Å². The molecule has 0 radical (unpaired) electrons. The van der Waals surface area contributed by atoms with Gasteiger partial charge in [-0.15, -0.1) is 0 Å². The number of amides is 2. The molecule has 4 aromatic rings. The molecule has 2 saturated heterocycles. The van der Waals surface area contributed by atoms with Crippen molar-refractivity contribution in [2.45, 2.75) is 45.7 Å². The second-order valence-corrected chi connectivity index (χ2v) is 11.5. The van der Waals surface area contributed by atoms with E-state index in [0.717, 1.165) is 16.7 Å². The van der Waals surface area contributed by atoms with Crippen molar-refractivity contribution in [3.63, 3.8) is 0 Å². The van der Waals surface area contributed by atoms with E-state index in [-0.39, 0.29) is 23.4 Å². The van der Waals surface area contributed by atoms with Crippen LogP contribution in [0.5, 0.6) is 0 Å². The Hall–Kier alpha value is -4.10. The van der Waals surface area contributed by atoms with E-state index in [1.54, 1.807) is 10.6 Å². The first kappa shape index (κ1) is 24.0. The summed E-state index contributed by atoms with van der Waals surface area (Å²) in [5.41, 5.74) is 3.38. The number of carbonyl (C=O) groups is 2. The van der Waals surface area contributed by atoms with Gasteiger partial charge in [0.05, 0.1) is 34.1 Å². The highest BCUT2D eigenvalue weighted by Gasteiger charge is 2.69. The zero-order valence-corrected chi connectivity index (χ0v) is 22.4. The number of imide groups is 1. The van der Waals surface area contributed by atoms with E-state index in [0.29, 0.717) is 40.4 Å². The van der Waals surface area contributed by atoms with Crippen LogP contribution in [0, 0.1) is 31.6 Å². The maximum Gasteiger partial charge on any atom is 0.266 e. The maximum absolute atomic E-state index is 14.6. The minimum Gasteiger partial charge on any atom is -0.297 e. The minimum atomic E-state index is -1.11. The normalized spacial score (nSPS) is 25.2. The first-order chi connectivity index (χ1) is 18.8. The lowest BCUT2D eigenvalue weighted by Gasteiger charge is -2.32. The Morgan fingerprint density at radius 1 is 0.897 bits per heavy atom. The van der Waals surface area contributed by atoms with Gasteiger partial charge in [0.2, 0.25) is 11.8 Å². The molecule has 3 aliphatic rings. The number of nitrogens with one attached hydrogen (secondary N) is 1. The third-order valence-electron chi connectivity index (χ3n) is 8.90. The van der Waals surface area contributed by atoms with Crippen molar-refractivity contribution >= 4 is 28.4 Å². The standard InChI is InChI=1S/C32H30N4O3/c1-17(2)16-23-26-27(30(39)35(29(26)38)24-15-9-10-18(3)19(24)4)32(34-23)21-12-6-8-14-25(21)36-28(37)20-11-5-7-13-22(20)33-31(32)36/h5-15,17,23,26-27,34H,16H2,1-4H3/t23-,26+,27-,32+/m1/s1. The quantitative estimate of drug-likeness (QED) is 0.407. The van der Waals surface area contributed by atoms with Crippen molar-refractivity contribution in [1.29, 1.82) is 0 Å². The summed E-state index contributed by atoms with van der Waals surface area (Å²) in [7, 11) is 0. The summed E-state index contributed by atoms with van der Waals surface area (Å²) in [4.78, 5) is 49.2. The maximum atomic E-state index is 14.6. The summed E-state index contributed by atoms with van der Waals surface area (Å²) in [5, 5.41) is 4.29.